The third-order valence-corrected chi connectivity index (χ3v) is 5.01. The molecule has 1 heterocycles. The SMILES string of the molecule is CCCCC1CCC(C(N)Cc2ncnn2CCC)CC1. The summed E-state index contributed by atoms with van der Waals surface area (Å²) in [4.78, 5) is 4.40. The lowest BCUT2D eigenvalue weighted by Crippen LogP contribution is -2.35. The van der Waals surface area contributed by atoms with Crippen LogP contribution in [0.15, 0.2) is 6.33 Å². The van der Waals surface area contributed by atoms with E-state index in [0.717, 1.165) is 31.1 Å². The van der Waals surface area contributed by atoms with Crippen molar-refractivity contribution in [2.75, 3.05) is 0 Å². The first-order valence-electron chi connectivity index (χ1n) is 8.86. The molecule has 0 saturated heterocycles. The summed E-state index contributed by atoms with van der Waals surface area (Å²) in [6, 6.07) is 0.247. The van der Waals surface area contributed by atoms with Crippen molar-refractivity contribution in [3.8, 4) is 0 Å². The average Bonchev–Trinajstić information content (AvgIpc) is 2.93. The molecule has 21 heavy (non-hydrogen) atoms. The van der Waals surface area contributed by atoms with Crippen molar-refractivity contribution in [2.24, 2.45) is 17.6 Å². The number of aromatic nitrogens is 3. The Labute approximate surface area is 129 Å². The molecule has 1 saturated carbocycles. The minimum Gasteiger partial charge on any atom is -0.327 e. The third-order valence-electron chi connectivity index (χ3n) is 5.01. The predicted octanol–water partition coefficient (Wildman–Crippen LogP) is 3.55. The predicted molar refractivity (Wildman–Crippen MR) is 87.0 cm³/mol. The molecule has 2 rings (SSSR count). The van der Waals surface area contributed by atoms with Gasteiger partial charge in [-0.15, -0.1) is 0 Å². The van der Waals surface area contributed by atoms with E-state index in [1.165, 1.54) is 44.9 Å². The molecule has 0 radical (unpaired) electrons. The van der Waals surface area contributed by atoms with Gasteiger partial charge in [-0.3, -0.25) is 4.68 Å². The van der Waals surface area contributed by atoms with Crippen LogP contribution < -0.4 is 5.73 Å². The molecule has 0 aliphatic heterocycles. The normalized spacial score (nSPS) is 24.1. The first-order chi connectivity index (χ1) is 10.2. The van der Waals surface area contributed by atoms with E-state index in [9.17, 15) is 0 Å². The van der Waals surface area contributed by atoms with Crippen LogP contribution in [0.1, 0.15) is 71.0 Å². The van der Waals surface area contributed by atoms with E-state index in [1.807, 2.05) is 4.68 Å². The molecule has 0 aromatic carbocycles. The van der Waals surface area contributed by atoms with Gasteiger partial charge in [0.1, 0.15) is 12.2 Å². The summed E-state index contributed by atoms with van der Waals surface area (Å²) < 4.78 is 2.02. The summed E-state index contributed by atoms with van der Waals surface area (Å²) in [5.74, 6) is 2.70. The molecular formula is C17H32N4. The number of aryl methyl sites for hydroxylation is 1. The monoisotopic (exact) mass is 292 g/mol. The molecule has 1 aliphatic rings. The van der Waals surface area contributed by atoms with E-state index < -0.39 is 0 Å². The van der Waals surface area contributed by atoms with Crippen LogP contribution in [0, 0.1) is 11.8 Å². The Morgan fingerprint density at radius 3 is 2.67 bits per heavy atom. The van der Waals surface area contributed by atoms with E-state index in [0.29, 0.717) is 5.92 Å². The summed E-state index contributed by atoms with van der Waals surface area (Å²) in [5, 5.41) is 4.30. The second-order valence-electron chi connectivity index (χ2n) is 6.69. The van der Waals surface area contributed by atoms with E-state index >= 15 is 0 Å². The lowest BCUT2D eigenvalue weighted by Gasteiger charge is -2.32. The molecule has 0 amide bonds. The van der Waals surface area contributed by atoms with E-state index in [-0.39, 0.29) is 6.04 Å². The van der Waals surface area contributed by atoms with Gasteiger partial charge in [0.25, 0.3) is 0 Å². The van der Waals surface area contributed by atoms with Crippen LogP contribution in [0.3, 0.4) is 0 Å². The highest BCUT2D eigenvalue weighted by Gasteiger charge is 2.26. The zero-order valence-electron chi connectivity index (χ0n) is 13.8. The Bertz CT molecular complexity index is 393. The van der Waals surface area contributed by atoms with Crippen molar-refractivity contribution in [1.29, 1.82) is 0 Å². The molecule has 0 bridgehead atoms. The second kappa shape index (κ2) is 8.52. The quantitative estimate of drug-likeness (QED) is 0.797. The Balaban J connectivity index is 1.79. The van der Waals surface area contributed by atoms with Crippen LogP contribution in [0.4, 0.5) is 0 Å². The lowest BCUT2D eigenvalue weighted by atomic mass is 9.76. The number of rotatable bonds is 8. The fourth-order valence-corrected chi connectivity index (χ4v) is 3.62. The van der Waals surface area contributed by atoms with Gasteiger partial charge >= 0.3 is 0 Å². The van der Waals surface area contributed by atoms with Crippen molar-refractivity contribution in [3.63, 3.8) is 0 Å². The maximum Gasteiger partial charge on any atom is 0.138 e. The fraction of sp³-hybridized carbons (Fsp3) is 0.882. The van der Waals surface area contributed by atoms with Gasteiger partial charge in [-0.1, -0.05) is 46.0 Å². The molecule has 1 aliphatic carbocycles. The molecule has 1 atom stereocenters. The van der Waals surface area contributed by atoms with Crippen molar-refractivity contribution < 1.29 is 0 Å². The third kappa shape index (κ3) is 4.80. The van der Waals surface area contributed by atoms with Crippen LogP contribution in [-0.4, -0.2) is 20.8 Å². The van der Waals surface area contributed by atoms with Crippen molar-refractivity contribution in [1.82, 2.24) is 14.8 Å². The van der Waals surface area contributed by atoms with Gasteiger partial charge in [-0.25, -0.2) is 4.98 Å². The molecular weight excluding hydrogens is 260 g/mol. The maximum absolute atomic E-state index is 6.47. The standard InChI is InChI=1S/C17H32N4/c1-3-5-6-14-7-9-15(10-8-14)16(18)12-17-19-13-20-21(17)11-4-2/h13-16H,3-12,18H2,1-2H3. The first-order valence-corrected chi connectivity index (χ1v) is 8.86. The van der Waals surface area contributed by atoms with E-state index in [2.05, 4.69) is 23.9 Å². The molecule has 4 nitrogen and oxygen atoms in total. The molecule has 1 aromatic rings. The minimum absolute atomic E-state index is 0.247. The molecule has 1 aromatic heterocycles. The number of nitrogens with zero attached hydrogens (tertiary/aromatic N) is 3. The van der Waals surface area contributed by atoms with Crippen LogP contribution >= 0.6 is 0 Å². The highest BCUT2D eigenvalue weighted by Crippen LogP contribution is 2.33. The number of hydrogen-bond acceptors (Lipinski definition) is 3. The molecule has 0 spiro atoms. The number of nitrogens with two attached hydrogens (primary N) is 1. The van der Waals surface area contributed by atoms with Gasteiger partial charge in [0, 0.05) is 19.0 Å². The van der Waals surface area contributed by atoms with Crippen LogP contribution in [0.2, 0.25) is 0 Å². The number of hydrogen-bond donors (Lipinski definition) is 1. The molecule has 120 valence electrons. The van der Waals surface area contributed by atoms with Gasteiger partial charge in [-0.05, 0) is 31.1 Å². The van der Waals surface area contributed by atoms with Crippen molar-refractivity contribution >= 4 is 0 Å². The summed E-state index contributed by atoms with van der Waals surface area (Å²) in [6.07, 6.45) is 13.1. The summed E-state index contributed by atoms with van der Waals surface area (Å²) in [7, 11) is 0. The highest BCUT2D eigenvalue weighted by atomic mass is 15.3. The Morgan fingerprint density at radius 2 is 2.00 bits per heavy atom. The van der Waals surface area contributed by atoms with Crippen LogP contribution in [-0.2, 0) is 13.0 Å². The summed E-state index contributed by atoms with van der Waals surface area (Å²) in [5.41, 5.74) is 6.47. The highest BCUT2D eigenvalue weighted by molar-refractivity contribution is 4.92. The van der Waals surface area contributed by atoms with Gasteiger partial charge in [0.15, 0.2) is 0 Å². The zero-order valence-corrected chi connectivity index (χ0v) is 13.8. The van der Waals surface area contributed by atoms with E-state index in [4.69, 9.17) is 5.73 Å². The van der Waals surface area contributed by atoms with Gasteiger partial charge in [-0.2, -0.15) is 5.10 Å². The summed E-state index contributed by atoms with van der Waals surface area (Å²) in [6.45, 7) is 5.41. The van der Waals surface area contributed by atoms with Crippen molar-refractivity contribution in [2.45, 2.75) is 84.2 Å². The maximum atomic E-state index is 6.47. The van der Waals surface area contributed by atoms with Gasteiger partial charge in [0.2, 0.25) is 0 Å². The van der Waals surface area contributed by atoms with Crippen LogP contribution in [0.5, 0.6) is 0 Å². The summed E-state index contributed by atoms with van der Waals surface area (Å²) >= 11 is 0. The molecule has 1 unspecified atom stereocenters. The smallest absolute Gasteiger partial charge is 0.138 e. The Hall–Kier alpha value is -0.900. The molecule has 2 N–H and O–H groups in total. The lowest BCUT2D eigenvalue weighted by molar-refractivity contribution is 0.229. The average molecular weight is 292 g/mol. The largest absolute Gasteiger partial charge is 0.327 e. The topological polar surface area (TPSA) is 56.7 Å². The van der Waals surface area contributed by atoms with Crippen LogP contribution in [0.25, 0.3) is 0 Å². The van der Waals surface area contributed by atoms with Gasteiger partial charge < -0.3 is 5.73 Å². The second-order valence-corrected chi connectivity index (χ2v) is 6.69. The Morgan fingerprint density at radius 1 is 1.24 bits per heavy atom. The van der Waals surface area contributed by atoms with Gasteiger partial charge in [0.05, 0.1) is 0 Å². The van der Waals surface area contributed by atoms with Crippen molar-refractivity contribution in [3.05, 3.63) is 12.2 Å². The molecule has 4 heteroatoms. The zero-order chi connectivity index (χ0) is 15.1. The molecule has 1 fully saturated rings. The Kier molecular flexibility index (Phi) is 6.68. The first kappa shape index (κ1) is 16.5. The number of unbranched alkanes of at least 4 members (excludes halogenated alkanes) is 1. The fourth-order valence-electron chi connectivity index (χ4n) is 3.62. The van der Waals surface area contributed by atoms with E-state index in [1.54, 1.807) is 6.33 Å². The minimum atomic E-state index is 0.247.